The summed E-state index contributed by atoms with van der Waals surface area (Å²) < 4.78 is 0. The summed E-state index contributed by atoms with van der Waals surface area (Å²) in [5, 5.41) is 15.0. The number of unbranched alkanes of at least 4 members (excludes halogenated alkanes) is 1. The molecule has 2 heterocycles. The van der Waals surface area contributed by atoms with Crippen LogP contribution < -0.4 is 10.6 Å². The highest BCUT2D eigenvalue weighted by Crippen LogP contribution is 2.18. The minimum atomic E-state index is 0.216. The maximum atomic E-state index is 8.74. The number of fused-ring (bicyclic) bond motifs is 1. The number of rotatable bonds is 7. The van der Waals surface area contributed by atoms with Crippen LogP contribution in [-0.4, -0.2) is 44.7 Å². The third kappa shape index (κ3) is 2.86. The van der Waals surface area contributed by atoms with Crippen molar-refractivity contribution < 1.29 is 5.11 Å². The molecule has 0 aliphatic rings. The highest BCUT2D eigenvalue weighted by molar-refractivity contribution is 5.83. The number of imidazole rings is 1. The lowest BCUT2D eigenvalue weighted by Gasteiger charge is -2.08. The summed E-state index contributed by atoms with van der Waals surface area (Å²) in [4.78, 5) is 15.8. The second kappa shape index (κ2) is 6.15. The van der Waals surface area contributed by atoms with Crippen molar-refractivity contribution in [3.05, 3.63) is 6.33 Å². The average molecular weight is 250 g/mol. The van der Waals surface area contributed by atoms with Gasteiger partial charge in [-0.05, 0) is 19.8 Å². The molecule has 98 valence electrons. The fourth-order valence-electron chi connectivity index (χ4n) is 1.64. The van der Waals surface area contributed by atoms with E-state index >= 15 is 0 Å². The van der Waals surface area contributed by atoms with Crippen molar-refractivity contribution >= 4 is 22.9 Å². The van der Waals surface area contributed by atoms with Crippen molar-refractivity contribution in [2.24, 2.45) is 0 Å². The molecule has 0 aromatic carbocycles. The largest absolute Gasteiger partial charge is 0.396 e. The number of nitrogens with one attached hydrogen (secondary N) is 3. The molecule has 2 aromatic heterocycles. The van der Waals surface area contributed by atoms with Crippen LogP contribution in [0.3, 0.4) is 0 Å². The number of nitrogens with zero attached hydrogens (tertiary/aromatic N) is 3. The van der Waals surface area contributed by atoms with Crippen LogP contribution in [0.4, 0.5) is 11.8 Å². The van der Waals surface area contributed by atoms with Gasteiger partial charge in [-0.25, -0.2) is 4.98 Å². The Bertz CT molecular complexity index is 497. The van der Waals surface area contributed by atoms with Gasteiger partial charge in [0, 0.05) is 19.7 Å². The normalized spacial score (nSPS) is 10.8. The van der Waals surface area contributed by atoms with E-state index in [0.717, 1.165) is 37.3 Å². The second-order valence-electron chi connectivity index (χ2n) is 3.88. The first-order valence-corrected chi connectivity index (χ1v) is 6.15. The Balaban J connectivity index is 2.15. The van der Waals surface area contributed by atoms with Crippen LogP contribution in [0, 0.1) is 0 Å². The van der Waals surface area contributed by atoms with Gasteiger partial charge in [-0.3, -0.25) is 0 Å². The van der Waals surface area contributed by atoms with Crippen molar-refractivity contribution in [1.82, 2.24) is 19.9 Å². The monoisotopic (exact) mass is 250 g/mol. The number of aromatic nitrogens is 4. The molecule has 4 N–H and O–H groups in total. The average Bonchev–Trinajstić information content (AvgIpc) is 2.83. The molecule has 0 radical (unpaired) electrons. The van der Waals surface area contributed by atoms with Gasteiger partial charge in [0.05, 0.1) is 6.33 Å². The molecule has 0 atom stereocenters. The zero-order valence-electron chi connectivity index (χ0n) is 10.4. The van der Waals surface area contributed by atoms with E-state index in [1.807, 2.05) is 6.92 Å². The Morgan fingerprint density at radius 2 is 2.17 bits per heavy atom. The van der Waals surface area contributed by atoms with E-state index in [1.165, 1.54) is 0 Å². The van der Waals surface area contributed by atoms with E-state index in [1.54, 1.807) is 6.33 Å². The van der Waals surface area contributed by atoms with Crippen molar-refractivity contribution in [1.29, 1.82) is 0 Å². The van der Waals surface area contributed by atoms with Gasteiger partial charge in [-0.2, -0.15) is 9.97 Å². The van der Waals surface area contributed by atoms with E-state index in [2.05, 4.69) is 30.6 Å². The standard InChI is InChI=1S/C11H18N6O/c1-2-12-11-16-9(13-5-3-4-6-18)8-10(17-11)15-7-14-8/h7,18H,2-6H2,1H3,(H3,12,13,14,15,16,17). The first kappa shape index (κ1) is 12.6. The van der Waals surface area contributed by atoms with Crippen LogP contribution in [0.25, 0.3) is 11.2 Å². The summed E-state index contributed by atoms with van der Waals surface area (Å²) in [6, 6.07) is 0. The van der Waals surface area contributed by atoms with Crippen LogP contribution in [0.5, 0.6) is 0 Å². The number of hydrogen-bond donors (Lipinski definition) is 4. The summed E-state index contributed by atoms with van der Waals surface area (Å²) in [6.07, 6.45) is 3.28. The molecule has 7 nitrogen and oxygen atoms in total. The summed E-state index contributed by atoms with van der Waals surface area (Å²) in [7, 11) is 0. The van der Waals surface area contributed by atoms with E-state index in [-0.39, 0.29) is 6.61 Å². The molecule has 7 heteroatoms. The van der Waals surface area contributed by atoms with Crippen LogP contribution in [0.15, 0.2) is 6.33 Å². The fourth-order valence-corrected chi connectivity index (χ4v) is 1.64. The first-order chi connectivity index (χ1) is 8.85. The molecule has 2 rings (SSSR count). The second-order valence-corrected chi connectivity index (χ2v) is 3.88. The van der Waals surface area contributed by atoms with Gasteiger partial charge in [0.15, 0.2) is 11.5 Å². The lowest BCUT2D eigenvalue weighted by atomic mass is 10.3. The SMILES string of the molecule is CCNc1nc(NCCCCO)c2[nH]cnc2n1. The molecular weight excluding hydrogens is 232 g/mol. The third-order valence-corrected chi connectivity index (χ3v) is 2.50. The van der Waals surface area contributed by atoms with Crippen LogP contribution in [0.1, 0.15) is 19.8 Å². The van der Waals surface area contributed by atoms with E-state index < -0.39 is 0 Å². The van der Waals surface area contributed by atoms with Crippen molar-refractivity contribution in [3.63, 3.8) is 0 Å². The Labute approximate surface area is 105 Å². The highest BCUT2D eigenvalue weighted by atomic mass is 16.2. The predicted molar refractivity (Wildman–Crippen MR) is 70.7 cm³/mol. The zero-order valence-corrected chi connectivity index (χ0v) is 10.4. The molecule has 0 unspecified atom stereocenters. The highest BCUT2D eigenvalue weighted by Gasteiger charge is 2.08. The Morgan fingerprint density at radius 1 is 1.28 bits per heavy atom. The number of anilines is 2. The smallest absolute Gasteiger partial charge is 0.226 e. The van der Waals surface area contributed by atoms with Crippen LogP contribution in [-0.2, 0) is 0 Å². The molecule has 0 saturated heterocycles. The third-order valence-electron chi connectivity index (χ3n) is 2.50. The number of aliphatic hydroxyl groups is 1. The van der Waals surface area contributed by atoms with Gasteiger partial charge in [0.2, 0.25) is 5.95 Å². The summed E-state index contributed by atoms with van der Waals surface area (Å²) in [6.45, 7) is 3.73. The van der Waals surface area contributed by atoms with Gasteiger partial charge in [0.1, 0.15) is 5.52 Å². The molecule has 0 fully saturated rings. The first-order valence-electron chi connectivity index (χ1n) is 6.15. The molecule has 18 heavy (non-hydrogen) atoms. The molecule has 0 amide bonds. The van der Waals surface area contributed by atoms with Crippen LogP contribution in [0.2, 0.25) is 0 Å². The Hall–Kier alpha value is -1.89. The predicted octanol–water partition coefficient (Wildman–Crippen LogP) is 0.969. The van der Waals surface area contributed by atoms with E-state index in [9.17, 15) is 0 Å². The van der Waals surface area contributed by atoms with E-state index in [4.69, 9.17) is 5.11 Å². The van der Waals surface area contributed by atoms with Gasteiger partial charge in [-0.1, -0.05) is 0 Å². The lowest BCUT2D eigenvalue weighted by molar-refractivity contribution is 0.286. The summed E-state index contributed by atoms with van der Waals surface area (Å²) >= 11 is 0. The Kier molecular flexibility index (Phi) is 4.30. The van der Waals surface area contributed by atoms with Gasteiger partial charge >= 0.3 is 0 Å². The quantitative estimate of drug-likeness (QED) is 0.546. The maximum absolute atomic E-state index is 8.74. The summed E-state index contributed by atoms with van der Waals surface area (Å²) in [5.41, 5.74) is 1.45. The topological polar surface area (TPSA) is 98.8 Å². The molecule has 0 aliphatic carbocycles. The molecule has 2 aromatic rings. The molecule has 0 aliphatic heterocycles. The molecular formula is C11H18N6O. The van der Waals surface area contributed by atoms with Crippen molar-refractivity contribution in [2.75, 3.05) is 30.3 Å². The van der Waals surface area contributed by atoms with Gasteiger partial charge in [-0.15, -0.1) is 0 Å². The minimum absolute atomic E-state index is 0.216. The minimum Gasteiger partial charge on any atom is -0.396 e. The maximum Gasteiger partial charge on any atom is 0.226 e. The summed E-state index contributed by atoms with van der Waals surface area (Å²) in [5.74, 6) is 1.31. The van der Waals surface area contributed by atoms with Crippen molar-refractivity contribution in [2.45, 2.75) is 19.8 Å². The van der Waals surface area contributed by atoms with E-state index in [0.29, 0.717) is 11.6 Å². The Morgan fingerprint density at radius 3 is 2.94 bits per heavy atom. The van der Waals surface area contributed by atoms with Gasteiger partial charge < -0.3 is 20.7 Å². The fraction of sp³-hybridized carbons (Fsp3) is 0.545. The molecule has 0 spiro atoms. The zero-order chi connectivity index (χ0) is 12.8. The lowest BCUT2D eigenvalue weighted by Crippen LogP contribution is -2.08. The number of aromatic amines is 1. The van der Waals surface area contributed by atoms with Crippen LogP contribution >= 0.6 is 0 Å². The van der Waals surface area contributed by atoms with Crippen molar-refractivity contribution in [3.8, 4) is 0 Å². The number of hydrogen-bond acceptors (Lipinski definition) is 6. The molecule has 0 saturated carbocycles. The van der Waals surface area contributed by atoms with Gasteiger partial charge in [0.25, 0.3) is 0 Å². The number of aliphatic hydroxyl groups excluding tert-OH is 1. The number of H-pyrrole nitrogens is 1. The molecule has 0 bridgehead atoms.